The molecule has 3 aliphatic carbocycles. The Bertz CT molecular complexity index is 996. The summed E-state index contributed by atoms with van der Waals surface area (Å²) in [6.07, 6.45) is 6.87. The minimum atomic E-state index is -0.435. The van der Waals surface area contributed by atoms with Gasteiger partial charge in [-0.3, -0.25) is 4.79 Å². The number of rotatable bonds is 8. The molecule has 0 aliphatic heterocycles. The molecule has 3 aliphatic rings. The monoisotopic (exact) mass is 414 g/mol. The number of carbonyl (C=O) groups is 2. The van der Waals surface area contributed by atoms with Crippen LogP contribution in [0.3, 0.4) is 0 Å². The number of esters is 1. The lowest BCUT2D eigenvalue weighted by Crippen LogP contribution is -2.12. The van der Waals surface area contributed by atoms with Crippen LogP contribution in [0.1, 0.15) is 94.5 Å². The third-order valence-electron chi connectivity index (χ3n) is 6.15. The summed E-state index contributed by atoms with van der Waals surface area (Å²) in [6, 6.07) is 0.885. The summed E-state index contributed by atoms with van der Waals surface area (Å²) >= 11 is 1.44. The topological polar surface area (TPSA) is 79.0 Å². The van der Waals surface area contributed by atoms with Gasteiger partial charge in [0.15, 0.2) is 10.9 Å². The zero-order valence-corrected chi connectivity index (χ0v) is 17.9. The van der Waals surface area contributed by atoms with E-state index in [2.05, 4.69) is 19.3 Å². The van der Waals surface area contributed by atoms with E-state index < -0.39 is 5.97 Å². The van der Waals surface area contributed by atoms with Crippen molar-refractivity contribution in [1.82, 2.24) is 19.3 Å². The van der Waals surface area contributed by atoms with Gasteiger partial charge in [-0.15, -0.1) is 10.2 Å². The molecule has 0 bridgehead atoms. The average molecular weight is 415 g/mol. The summed E-state index contributed by atoms with van der Waals surface area (Å²) in [5, 5.41) is 9.64. The van der Waals surface area contributed by atoms with Gasteiger partial charge in [-0.2, -0.15) is 0 Å². The van der Waals surface area contributed by atoms with Crippen molar-refractivity contribution in [2.24, 2.45) is 0 Å². The Morgan fingerprint density at radius 2 is 1.59 bits per heavy atom. The van der Waals surface area contributed by atoms with Crippen LogP contribution in [-0.2, 0) is 4.74 Å². The smallest absolute Gasteiger partial charge is 0.340 e. The quantitative estimate of drug-likeness (QED) is 0.369. The summed E-state index contributed by atoms with van der Waals surface area (Å²) in [5.74, 6) is 1.39. The maximum atomic E-state index is 13.2. The fraction of sp³-hybridized carbons (Fsp3) is 0.619. The number of ketones is 1. The number of hydrogen-bond donors (Lipinski definition) is 0. The summed E-state index contributed by atoms with van der Waals surface area (Å²) < 4.78 is 9.39. The Morgan fingerprint density at radius 3 is 2.17 bits per heavy atom. The van der Waals surface area contributed by atoms with Gasteiger partial charge in [-0.1, -0.05) is 11.8 Å². The Hall–Kier alpha value is -2.09. The lowest BCUT2D eigenvalue weighted by atomic mass is 10.1. The first-order chi connectivity index (χ1) is 14.0. The summed E-state index contributed by atoms with van der Waals surface area (Å²) in [6.45, 7) is 3.85. The maximum Gasteiger partial charge on any atom is 0.340 e. The van der Waals surface area contributed by atoms with Crippen LogP contribution in [0.15, 0.2) is 5.16 Å². The number of methoxy groups -OCH3 is 1. The first kappa shape index (κ1) is 18.9. The first-order valence-electron chi connectivity index (χ1n) is 10.4. The second-order valence-corrected chi connectivity index (χ2v) is 9.38. The van der Waals surface area contributed by atoms with Crippen LogP contribution in [0.4, 0.5) is 0 Å². The van der Waals surface area contributed by atoms with Gasteiger partial charge in [0.05, 0.1) is 24.0 Å². The molecule has 154 valence electrons. The molecule has 5 rings (SSSR count). The number of thioether (sulfide) groups is 1. The van der Waals surface area contributed by atoms with Gasteiger partial charge in [0.2, 0.25) is 0 Å². The molecule has 0 atom stereocenters. The van der Waals surface area contributed by atoms with Crippen LogP contribution >= 0.6 is 11.8 Å². The van der Waals surface area contributed by atoms with Gasteiger partial charge < -0.3 is 13.9 Å². The van der Waals surface area contributed by atoms with Gasteiger partial charge in [-0.25, -0.2) is 4.79 Å². The molecule has 2 aromatic heterocycles. The highest BCUT2D eigenvalue weighted by molar-refractivity contribution is 7.99. The van der Waals surface area contributed by atoms with Crippen molar-refractivity contribution in [1.29, 1.82) is 0 Å². The summed E-state index contributed by atoms with van der Waals surface area (Å²) in [5.41, 5.74) is 2.64. The molecule has 0 saturated heterocycles. The SMILES string of the molecule is COC(=O)c1c(C(=O)CSc2nnc(C3CC3)n2C2CC2)c(C)n(C2CC2)c1C. The second-order valence-electron chi connectivity index (χ2n) is 8.44. The molecule has 3 saturated carbocycles. The van der Waals surface area contributed by atoms with E-state index in [-0.39, 0.29) is 11.5 Å². The molecular formula is C21H26N4O3S. The molecule has 0 spiro atoms. The molecule has 0 amide bonds. The minimum absolute atomic E-state index is 0.0475. The van der Waals surface area contributed by atoms with E-state index in [4.69, 9.17) is 4.74 Å². The van der Waals surface area contributed by atoms with E-state index >= 15 is 0 Å². The van der Waals surface area contributed by atoms with Gasteiger partial charge in [0.25, 0.3) is 0 Å². The Morgan fingerprint density at radius 1 is 0.966 bits per heavy atom. The average Bonchev–Trinajstić information content (AvgIpc) is 3.57. The second kappa shape index (κ2) is 7.00. The van der Waals surface area contributed by atoms with Crippen molar-refractivity contribution >= 4 is 23.5 Å². The normalized spacial score (nSPS) is 18.9. The molecule has 7 nitrogen and oxygen atoms in total. The third kappa shape index (κ3) is 3.31. The van der Waals surface area contributed by atoms with Crippen molar-refractivity contribution in [3.63, 3.8) is 0 Å². The zero-order valence-electron chi connectivity index (χ0n) is 17.1. The first-order valence-corrected chi connectivity index (χ1v) is 11.4. The number of hydrogen-bond acceptors (Lipinski definition) is 6. The van der Waals surface area contributed by atoms with Gasteiger partial charge >= 0.3 is 5.97 Å². The summed E-state index contributed by atoms with van der Waals surface area (Å²) in [4.78, 5) is 25.7. The highest BCUT2D eigenvalue weighted by Gasteiger charge is 2.37. The molecule has 0 N–H and O–H groups in total. The Labute approximate surface area is 174 Å². The van der Waals surface area contributed by atoms with Gasteiger partial charge in [0, 0.05) is 29.4 Å². The molecule has 2 heterocycles. The van der Waals surface area contributed by atoms with Crippen molar-refractivity contribution in [2.75, 3.05) is 12.9 Å². The largest absolute Gasteiger partial charge is 0.465 e. The van der Waals surface area contributed by atoms with Crippen LogP contribution in [0.2, 0.25) is 0 Å². The van der Waals surface area contributed by atoms with E-state index in [0.29, 0.717) is 29.1 Å². The van der Waals surface area contributed by atoms with Gasteiger partial charge in [0.1, 0.15) is 5.82 Å². The highest BCUT2D eigenvalue weighted by Crippen LogP contribution is 2.46. The molecule has 29 heavy (non-hydrogen) atoms. The predicted octanol–water partition coefficient (Wildman–Crippen LogP) is 4.01. The highest BCUT2D eigenvalue weighted by atomic mass is 32.2. The standard InChI is InChI=1S/C21H26N4O3S/c1-11-17(18(20(27)28-3)12(2)24(11)14-6-7-14)16(26)10-29-21-23-22-19(13-4-5-13)25(21)15-8-9-15/h13-15H,4-10H2,1-3H3. The number of carbonyl (C=O) groups excluding carboxylic acids is 2. The molecule has 0 radical (unpaired) electrons. The minimum Gasteiger partial charge on any atom is -0.465 e. The molecular weight excluding hydrogens is 388 g/mol. The van der Waals surface area contributed by atoms with Crippen LogP contribution in [-0.4, -0.2) is 43.9 Å². The lowest BCUT2D eigenvalue weighted by molar-refractivity contribution is 0.0596. The fourth-order valence-corrected chi connectivity index (χ4v) is 5.20. The van der Waals surface area contributed by atoms with Crippen LogP contribution in [0.5, 0.6) is 0 Å². The molecule has 2 aromatic rings. The van der Waals surface area contributed by atoms with Gasteiger partial charge in [-0.05, 0) is 52.4 Å². The number of ether oxygens (including phenoxy) is 1. The molecule has 8 heteroatoms. The fourth-order valence-electron chi connectivity index (χ4n) is 4.31. The number of aromatic nitrogens is 4. The van der Waals surface area contributed by atoms with Crippen molar-refractivity contribution in [2.45, 2.75) is 75.5 Å². The van der Waals surface area contributed by atoms with E-state index in [1.807, 2.05) is 13.8 Å². The Balaban J connectivity index is 1.42. The summed E-state index contributed by atoms with van der Waals surface area (Å²) in [7, 11) is 1.37. The van der Waals surface area contributed by atoms with Crippen molar-refractivity contribution in [3.05, 3.63) is 28.3 Å². The van der Waals surface area contributed by atoms with E-state index in [0.717, 1.165) is 48.1 Å². The van der Waals surface area contributed by atoms with E-state index in [9.17, 15) is 9.59 Å². The number of nitrogens with zero attached hydrogens (tertiary/aromatic N) is 4. The predicted molar refractivity (Wildman–Crippen MR) is 109 cm³/mol. The van der Waals surface area contributed by atoms with Crippen LogP contribution < -0.4 is 0 Å². The maximum absolute atomic E-state index is 13.2. The Kier molecular flexibility index (Phi) is 4.57. The van der Waals surface area contributed by atoms with Crippen molar-refractivity contribution in [3.8, 4) is 0 Å². The molecule has 0 aromatic carbocycles. The molecule has 0 unspecified atom stereocenters. The third-order valence-corrected chi connectivity index (χ3v) is 7.10. The van der Waals surface area contributed by atoms with E-state index in [1.54, 1.807) is 0 Å². The van der Waals surface area contributed by atoms with Crippen molar-refractivity contribution < 1.29 is 14.3 Å². The lowest BCUT2D eigenvalue weighted by Gasteiger charge is -2.08. The van der Waals surface area contributed by atoms with Crippen LogP contribution in [0, 0.1) is 13.8 Å². The molecule has 3 fully saturated rings. The number of Topliss-reactive ketones (excluding diaryl/α,β-unsaturated/α-hetero) is 1. The zero-order chi connectivity index (χ0) is 20.3. The van der Waals surface area contributed by atoms with Crippen LogP contribution in [0.25, 0.3) is 0 Å². The van der Waals surface area contributed by atoms with E-state index in [1.165, 1.54) is 31.7 Å².